The van der Waals surface area contributed by atoms with E-state index in [1.54, 1.807) is 42.9 Å². The highest BCUT2D eigenvalue weighted by atomic mass is 16.2. The van der Waals surface area contributed by atoms with Crippen molar-refractivity contribution in [3.63, 3.8) is 0 Å². The first-order valence-electron chi connectivity index (χ1n) is 8.63. The third-order valence-corrected chi connectivity index (χ3v) is 4.72. The van der Waals surface area contributed by atoms with Crippen molar-refractivity contribution in [1.82, 2.24) is 20.4 Å². The van der Waals surface area contributed by atoms with Gasteiger partial charge in [-0.15, -0.1) is 5.10 Å². The van der Waals surface area contributed by atoms with Gasteiger partial charge in [0.2, 0.25) is 0 Å². The molecule has 28 heavy (non-hydrogen) atoms. The van der Waals surface area contributed by atoms with Crippen LogP contribution in [0.15, 0.2) is 73.2 Å². The molecule has 7 heteroatoms. The first-order valence-corrected chi connectivity index (χ1v) is 8.63. The van der Waals surface area contributed by atoms with Crippen LogP contribution >= 0.6 is 0 Å². The van der Waals surface area contributed by atoms with E-state index in [-0.39, 0.29) is 11.8 Å². The van der Waals surface area contributed by atoms with Crippen LogP contribution in [-0.2, 0) is 0 Å². The van der Waals surface area contributed by atoms with Crippen LogP contribution in [0.5, 0.6) is 0 Å². The summed E-state index contributed by atoms with van der Waals surface area (Å²) in [5, 5.41) is 10.3. The van der Waals surface area contributed by atoms with Crippen molar-refractivity contribution in [1.29, 1.82) is 0 Å². The monoisotopic (exact) mass is 367 g/mol. The van der Waals surface area contributed by atoms with Gasteiger partial charge in [-0.25, -0.2) is 4.90 Å². The number of anilines is 1. The highest BCUT2D eigenvalue weighted by Crippen LogP contribution is 2.36. The fraction of sp³-hybridized carbons (Fsp3) is 0. The number of hydrogen-bond donors (Lipinski definition) is 1. The molecule has 134 valence electrons. The second-order valence-electron chi connectivity index (χ2n) is 6.32. The van der Waals surface area contributed by atoms with Gasteiger partial charge < -0.3 is 0 Å². The molecule has 5 rings (SSSR count). The lowest BCUT2D eigenvalue weighted by Gasteiger charge is -2.17. The summed E-state index contributed by atoms with van der Waals surface area (Å²) in [6.07, 6.45) is 4.82. The molecule has 0 radical (unpaired) electrons. The van der Waals surface area contributed by atoms with Gasteiger partial charge in [0.05, 0.1) is 23.0 Å². The summed E-state index contributed by atoms with van der Waals surface area (Å²) in [5.74, 6) is -0.743. The third kappa shape index (κ3) is 2.41. The van der Waals surface area contributed by atoms with Crippen molar-refractivity contribution in [2.75, 3.05) is 4.90 Å². The molecule has 0 fully saturated rings. The van der Waals surface area contributed by atoms with Crippen LogP contribution in [-0.4, -0.2) is 32.2 Å². The molecular weight excluding hydrogens is 354 g/mol. The van der Waals surface area contributed by atoms with Crippen LogP contribution in [0.25, 0.3) is 22.4 Å². The molecule has 7 nitrogen and oxygen atoms in total. The summed E-state index contributed by atoms with van der Waals surface area (Å²) in [6, 6.07) is 16.5. The molecule has 0 spiro atoms. The van der Waals surface area contributed by atoms with E-state index in [4.69, 9.17) is 0 Å². The number of aromatic nitrogens is 4. The number of carbonyl (C=O) groups excluding carboxylic acids is 2. The van der Waals surface area contributed by atoms with E-state index in [0.29, 0.717) is 28.1 Å². The molecule has 0 aliphatic carbocycles. The first-order chi connectivity index (χ1) is 13.7. The smallest absolute Gasteiger partial charge is 0.266 e. The van der Waals surface area contributed by atoms with Crippen molar-refractivity contribution >= 4 is 17.5 Å². The average molecular weight is 367 g/mol. The highest BCUT2D eigenvalue weighted by molar-refractivity contribution is 6.35. The number of carbonyl (C=O) groups is 2. The minimum atomic E-state index is -0.379. The number of pyridine rings is 1. The lowest BCUT2D eigenvalue weighted by molar-refractivity contribution is 0.0926. The van der Waals surface area contributed by atoms with Crippen LogP contribution in [0, 0.1) is 0 Å². The molecule has 2 aromatic heterocycles. The number of benzene rings is 2. The topological polar surface area (TPSA) is 91.8 Å². The van der Waals surface area contributed by atoms with Gasteiger partial charge in [-0.3, -0.25) is 19.7 Å². The van der Waals surface area contributed by atoms with Gasteiger partial charge in [0.25, 0.3) is 11.8 Å². The Bertz CT molecular complexity index is 1200. The number of nitrogens with zero attached hydrogens (tertiary/aromatic N) is 4. The number of amides is 2. The van der Waals surface area contributed by atoms with E-state index in [0.717, 1.165) is 11.1 Å². The number of aromatic amines is 1. The Labute approximate surface area is 159 Å². The largest absolute Gasteiger partial charge is 0.268 e. The van der Waals surface area contributed by atoms with Crippen LogP contribution < -0.4 is 4.90 Å². The average Bonchev–Trinajstić information content (AvgIpc) is 3.36. The van der Waals surface area contributed by atoms with Gasteiger partial charge in [-0.1, -0.05) is 41.6 Å². The van der Waals surface area contributed by atoms with Crippen LogP contribution in [0.4, 0.5) is 5.69 Å². The number of rotatable bonds is 3. The van der Waals surface area contributed by atoms with Crippen molar-refractivity contribution in [2.45, 2.75) is 0 Å². The molecule has 2 amide bonds. The third-order valence-electron chi connectivity index (χ3n) is 4.72. The summed E-state index contributed by atoms with van der Waals surface area (Å²) >= 11 is 0. The van der Waals surface area contributed by atoms with Gasteiger partial charge in [0.15, 0.2) is 0 Å². The van der Waals surface area contributed by atoms with E-state index in [9.17, 15) is 9.59 Å². The van der Waals surface area contributed by atoms with Gasteiger partial charge in [0.1, 0.15) is 5.69 Å². The summed E-state index contributed by atoms with van der Waals surface area (Å²) in [4.78, 5) is 31.5. The zero-order valence-corrected chi connectivity index (χ0v) is 14.5. The lowest BCUT2D eigenvalue weighted by atomic mass is 10.0. The zero-order valence-electron chi connectivity index (χ0n) is 14.5. The van der Waals surface area contributed by atoms with Crippen LogP contribution in [0.1, 0.15) is 20.7 Å². The Morgan fingerprint density at radius 3 is 2.43 bits per heavy atom. The van der Waals surface area contributed by atoms with Gasteiger partial charge in [0, 0.05) is 23.5 Å². The standard InChI is InChI=1S/C21H13N5O2/c27-20-16-7-6-14(18-11-23-25-24-18)10-17(16)21(28)26(20)19-12-22-9-8-15(19)13-4-2-1-3-5-13/h1-12H,(H,23,24,25). The quantitative estimate of drug-likeness (QED) is 0.561. The van der Waals surface area contributed by atoms with Crippen molar-refractivity contribution < 1.29 is 9.59 Å². The molecule has 4 aromatic rings. The molecule has 1 N–H and O–H groups in total. The summed E-state index contributed by atoms with van der Waals surface area (Å²) in [7, 11) is 0. The Balaban J connectivity index is 1.62. The second kappa shape index (κ2) is 6.24. The van der Waals surface area contributed by atoms with E-state index < -0.39 is 0 Å². The van der Waals surface area contributed by atoms with Crippen molar-refractivity contribution in [3.8, 4) is 22.4 Å². The summed E-state index contributed by atoms with van der Waals surface area (Å²) in [6.45, 7) is 0. The molecule has 0 saturated heterocycles. The number of H-pyrrole nitrogens is 1. The number of imide groups is 1. The molecular formula is C21H13N5O2. The fourth-order valence-corrected chi connectivity index (χ4v) is 3.39. The summed E-state index contributed by atoms with van der Waals surface area (Å²) < 4.78 is 0. The second-order valence-corrected chi connectivity index (χ2v) is 6.32. The predicted molar refractivity (Wildman–Crippen MR) is 103 cm³/mol. The van der Waals surface area contributed by atoms with Crippen LogP contribution in [0.2, 0.25) is 0 Å². The van der Waals surface area contributed by atoms with Gasteiger partial charge in [-0.2, -0.15) is 0 Å². The maximum absolute atomic E-state index is 13.1. The minimum Gasteiger partial charge on any atom is -0.268 e. The van der Waals surface area contributed by atoms with E-state index >= 15 is 0 Å². The maximum Gasteiger partial charge on any atom is 0.266 e. The molecule has 0 atom stereocenters. The Morgan fingerprint density at radius 2 is 1.64 bits per heavy atom. The minimum absolute atomic E-state index is 0.341. The van der Waals surface area contributed by atoms with Crippen molar-refractivity contribution in [3.05, 3.63) is 84.3 Å². The number of fused-ring (bicyclic) bond motifs is 1. The van der Waals surface area contributed by atoms with Crippen LogP contribution in [0.3, 0.4) is 0 Å². The molecule has 0 bridgehead atoms. The van der Waals surface area contributed by atoms with Crippen molar-refractivity contribution in [2.24, 2.45) is 0 Å². The van der Waals surface area contributed by atoms with E-state index in [1.807, 2.05) is 30.3 Å². The lowest BCUT2D eigenvalue weighted by Crippen LogP contribution is -2.30. The molecule has 3 heterocycles. The normalized spacial score (nSPS) is 13.1. The van der Waals surface area contributed by atoms with E-state index in [2.05, 4.69) is 20.4 Å². The Kier molecular flexibility index (Phi) is 3.58. The molecule has 2 aromatic carbocycles. The Hall–Kier alpha value is -4.13. The molecule has 1 aliphatic rings. The number of nitrogens with one attached hydrogen (secondary N) is 1. The molecule has 0 unspecified atom stereocenters. The highest BCUT2D eigenvalue weighted by Gasteiger charge is 2.38. The first kappa shape index (κ1) is 16.1. The molecule has 0 saturated carbocycles. The van der Waals surface area contributed by atoms with Gasteiger partial charge in [-0.05, 0) is 23.8 Å². The summed E-state index contributed by atoms with van der Waals surface area (Å²) in [5.41, 5.74) is 4.15. The Morgan fingerprint density at radius 1 is 0.821 bits per heavy atom. The zero-order chi connectivity index (χ0) is 19.1. The SMILES string of the molecule is O=C1c2ccc(-c3c[nH]nn3)cc2C(=O)N1c1cnccc1-c1ccccc1. The molecule has 1 aliphatic heterocycles. The predicted octanol–water partition coefficient (Wildman–Crippen LogP) is 3.33. The maximum atomic E-state index is 13.1. The fourth-order valence-electron chi connectivity index (χ4n) is 3.39. The van der Waals surface area contributed by atoms with E-state index in [1.165, 1.54) is 4.90 Å². The van der Waals surface area contributed by atoms with Gasteiger partial charge >= 0.3 is 0 Å². The number of hydrogen-bond acceptors (Lipinski definition) is 5.